The Morgan fingerprint density at radius 1 is 0.960 bits per heavy atom. The first kappa shape index (κ1) is 26.2. The van der Waals surface area contributed by atoms with Crippen LogP contribution in [0.25, 0.3) is 4.98 Å². The quantitative estimate of drug-likeness (QED) is 0.436. The van der Waals surface area contributed by atoms with E-state index in [2.05, 4.69) is 36.2 Å². The molecule has 0 spiro atoms. The third-order valence-electron chi connectivity index (χ3n) is 2.98. The number of hydrogen-bond acceptors (Lipinski definition) is 4. The maximum Gasteiger partial charge on any atom is 1.00 e. The van der Waals surface area contributed by atoms with Crippen molar-refractivity contribution in [3.8, 4) is 11.5 Å². The van der Waals surface area contributed by atoms with E-state index in [1.54, 1.807) is 17.8 Å². The molecule has 131 valence electrons. The van der Waals surface area contributed by atoms with E-state index < -0.39 is 0 Å². The Bertz CT molecular complexity index is 694. The van der Waals surface area contributed by atoms with Gasteiger partial charge in [0, 0.05) is 11.0 Å². The maximum atomic E-state index is 9.13. The number of nitrogens with zero attached hydrogens (tertiary/aromatic N) is 2. The van der Waals surface area contributed by atoms with Crippen LogP contribution in [0.5, 0.6) is 11.5 Å². The van der Waals surface area contributed by atoms with Crippen LogP contribution >= 0.6 is 11.8 Å². The second kappa shape index (κ2) is 13.2. The van der Waals surface area contributed by atoms with Gasteiger partial charge >= 0.3 is 25.2 Å². The van der Waals surface area contributed by atoms with Crippen LogP contribution in [0, 0.1) is 12.3 Å². The maximum absolute atomic E-state index is 9.13. The molecule has 0 atom stereocenters. The largest absolute Gasteiger partial charge is 1.00 e. The molecule has 1 radical (unpaired) electrons. The summed E-state index contributed by atoms with van der Waals surface area (Å²) in [7, 11) is 0. The smallest absolute Gasteiger partial charge is 1.00 e. The number of ether oxygens (including phenoxy) is 2. The summed E-state index contributed by atoms with van der Waals surface area (Å²) in [6.07, 6.45) is 0. The Morgan fingerprint density at radius 2 is 1.52 bits per heavy atom. The SMILES string of the molecule is CCOc1cc(Sc2ccc(C)cc2)c(OCC)cc1[N+]#N.[Cl-].[Cl-].[Zn+]. The van der Waals surface area contributed by atoms with E-state index in [-0.39, 0.29) is 44.3 Å². The summed E-state index contributed by atoms with van der Waals surface area (Å²) in [5.41, 5.74) is 1.59. The van der Waals surface area contributed by atoms with Gasteiger partial charge in [-0.05, 0) is 32.9 Å². The van der Waals surface area contributed by atoms with Gasteiger partial charge in [0.25, 0.3) is 0 Å². The van der Waals surface area contributed by atoms with Gasteiger partial charge in [0.2, 0.25) is 11.1 Å². The molecule has 0 unspecified atom stereocenters. The minimum atomic E-state index is 0. The van der Waals surface area contributed by atoms with Gasteiger partial charge in [0.1, 0.15) is 5.75 Å². The molecule has 0 aliphatic carbocycles. The number of diazo groups is 1. The minimum absolute atomic E-state index is 0. The second-order valence-corrected chi connectivity index (χ2v) is 5.76. The molecule has 0 aromatic heterocycles. The zero-order chi connectivity index (χ0) is 15.9. The molecule has 4 nitrogen and oxygen atoms in total. The van der Waals surface area contributed by atoms with Crippen LogP contribution in [-0.4, -0.2) is 13.2 Å². The van der Waals surface area contributed by atoms with Gasteiger partial charge in [0.15, 0.2) is 4.98 Å². The summed E-state index contributed by atoms with van der Waals surface area (Å²) >= 11 is 1.59. The van der Waals surface area contributed by atoms with E-state index in [0.717, 1.165) is 9.79 Å². The topological polar surface area (TPSA) is 46.6 Å². The molecule has 8 heteroatoms. The van der Waals surface area contributed by atoms with E-state index in [1.807, 2.05) is 19.9 Å². The van der Waals surface area contributed by atoms with Gasteiger partial charge in [-0.1, -0.05) is 29.5 Å². The van der Waals surface area contributed by atoms with Crippen LogP contribution in [0.2, 0.25) is 0 Å². The second-order valence-electron chi connectivity index (χ2n) is 4.65. The van der Waals surface area contributed by atoms with Crippen LogP contribution in [0.3, 0.4) is 0 Å². The van der Waals surface area contributed by atoms with Gasteiger partial charge < -0.3 is 34.3 Å². The van der Waals surface area contributed by atoms with Crippen molar-refractivity contribution in [2.45, 2.75) is 30.6 Å². The average Bonchev–Trinajstić information content (AvgIpc) is 2.52. The predicted molar refractivity (Wildman–Crippen MR) is 88.8 cm³/mol. The third-order valence-corrected chi connectivity index (χ3v) is 4.03. The normalized spacial score (nSPS) is 8.88. The molecule has 2 aromatic rings. The zero-order valence-electron chi connectivity index (χ0n) is 14.5. The summed E-state index contributed by atoms with van der Waals surface area (Å²) in [4.78, 5) is 5.32. The number of rotatable bonds is 6. The number of aryl methyl sites for hydroxylation is 1. The van der Waals surface area contributed by atoms with Crippen molar-refractivity contribution in [3.05, 3.63) is 46.9 Å². The van der Waals surface area contributed by atoms with E-state index in [9.17, 15) is 0 Å². The van der Waals surface area contributed by atoms with Gasteiger partial charge in [-0.25, -0.2) is 0 Å². The molecule has 0 aliphatic rings. The molecule has 0 aliphatic heterocycles. The molecule has 0 saturated carbocycles. The fourth-order valence-electron chi connectivity index (χ4n) is 1.96. The predicted octanol–water partition coefficient (Wildman–Crippen LogP) is -0.566. The van der Waals surface area contributed by atoms with E-state index in [4.69, 9.17) is 14.9 Å². The fourth-order valence-corrected chi connectivity index (χ4v) is 2.87. The monoisotopic (exact) mass is 449 g/mol. The first-order chi connectivity index (χ1) is 10.7. The molecule has 0 fully saturated rings. The first-order valence-electron chi connectivity index (χ1n) is 7.21. The molecule has 25 heavy (non-hydrogen) atoms. The Kier molecular flexibility index (Phi) is 13.9. The molecule has 0 bridgehead atoms. The molecule has 0 amide bonds. The Balaban J connectivity index is 0. The standard InChI is InChI=1S/C17H19N2O2S.2ClH.Zn/c1-4-20-15-11-17(16(21-5-2)10-14(15)19-18)22-13-8-6-12(3)7-9-13;;;/h6-11H,4-5H2,1-3H3;2*1H;/q+1;;;+1/p-2. The summed E-state index contributed by atoms with van der Waals surface area (Å²) < 4.78 is 11.2. The number of hydrogen-bond donors (Lipinski definition) is 0. The summed E-state index contributed by atoms with van der Waals surface area (Å²) in [5, 5.41) is 9.13. The van der Waals surface area contributed by atoms with Crippen LogP contribution in [0.1, 0.15) is 19.4 Å². The van der Waals surface area contributed by atoms with Gasteiger partial charge in [-0.3, -0.25) is 0 Å². The minimum Gasteiger partial charge on any atom is -1.00 e. The van der Waals surface area contributed by atoms with Crippen LogP contribution in [0.15, 0.2) is 46.2 Å². The van der Waals surface area contributed by atoms with Crippen molar-refractivity contribution < 1.29 is 53.8 Å². The molecule has 0 heterocycles. The zero-order valence-corrected chi connectivity index (χ0v) is 19.8. The summed E-state index contributed by atoms with van der Waals surface area (Å²) in [6, 6.07) is 11.8. The van der Waals surface area contributed by atoms with E-state index >= 15 is 0 Å². The summed E-state index contributed by atoms with van der Waals surface area (Å²) in [5.74, 6) is 1.23. The van der Waals surface area contributed by atoms with Crippen LogP contribution in [0.4, 0.5) is 5.69 Å². The number of halogens is 2. The first-order valence-corrected chi connectivity index (χ1v) is 8.02. The third kappa shape index (κ3) is 7.42. The fraction of sp³-hybridized carbons (Fsp3) is 0.294. The van der Waals surface area contributed by atoms with Crippen LogP contribution in [-0.2, 0) is 19.5 Å². The van der Waals surface area contributed by atoms with Crippen molar-refractivity contribution in [2.24, 2.45) is 0 Å². The molecular formula is C17H19Cl2N2O2SZn. The van der Waals surface area contributed by atoms with Crippen molar-refractivity contribution in [3.63, 3.8) is 0 Å². The Morgan fingerprint density at radius 3 is 2.04 bits per heavy atom. The van der Waals surface area contributed by atoms with E-state index in [0.29, 0.717) is 30.4 Å². The molecule has 0 N–H and O–H groups in total. The van der Waals surface area contributed by atoms with Crippen molar-refractivity contribution >= 4 is 17.4 Å². The van der Waals surface area contributed by atoms with Crippen molar-refractivity contribution in [2.75, 3.05) is 13.2 Å². The van der Waals surface area contributed by atoms with E-state index in [1.165, 1.54) is 5.56 Å². The molecule has 0 saturated heterocycles. The number of benzene rings is 2. The van der Waals surface area contributed by atoms with Gasteiger partial charge in [-0.2, -0.15) is 0 Å². The summed E-state index contributed by atoms with van der Waals surface area (Å²) in [6.45, 7) is 6.92. The molecular weight excluding hydrogens is 433 g/mol. The van der Waals surface area contributed by atoms with Gasteiger partial charge in [0.05, 0.1) is 24.2 Å². The Hall–Kier alpha value is -0.987. The van der Waals surface area contributed by atoms with Crippen molar-refractivity contribution in [1.29, 1.82) is 5.39 Å². The van der Waals surface area contributed by atoms with Crippen molar-refractivity contribution in [1.82, 2.24) is 0 Å². The molecule has 2 rings (SSSR count). The van der Waals surface area contributed by atoms with Gasteiger partial charge in [-0.15, -0.1) is 0 Å². The van der Waals surface area contributed by atoms with Crippen LogP contribution < -0.4 is 34.3 Å². The molecule has 2 aromatic carbocycles. The average molecular weight is 452 g/mol. The Labute approximate surface area is 178 Å².